The van der Waals surface area contributed by atoms with Gasteiger partial charge in [-0.3, -0.25) is 4.72 Å². The zero-order chi connectivity index (χ0) is 21.9. The van der Waals surface area contributed by atoms with Crippen LogP contribution in [-0.4, -0.2) is 15.5 Å². The van der Waals surface area contributed by atoms with E-state index in [9.17, 15) is 21.6 Å². The van der Waals surface area contributed by atoms with E-state index < -0.39 is 21.8 Å². The maximum absolute atomic E-state index is 13.2. The number of anilines is 1. The number of hydrogen-bond acceptors (Lipinski definition) is 4. The SMILES string of the molecule is COc1ccccc1Oc1ccc(C(F)(F)F)cc1NS(=O)(=O)c1ccc(C)cc1. The highest BCUT2D eigenvalue weighted by Gasteiger charge is 2.32. The summed E-state index contributed by atoms with van der Waals surface area (Å²) in [5.74, 6) is 0.448. The first-order valence-corrected chi connectivity index (χ1v) is 10.2. The first-order valence-electron chi connectivity index (χ1n) is 8.72. The lowest BCUT2D eigenvalue weighted by atomic mass is 10.2. The quantitative estimate of drug-likeness (QED) is 0.544. The lowest BCUT2D eigenvalue weighted by Gasteiger charge is -2.17. The Hall–Kier alpha value is -3.20. The van der Waals surface area contributed by atoms with Crippen molar-refractivity contribution in [1.82, 2.24) is 0 Å². The standard InChI is InChI=1S/C21H18F3NO4S/c1-14-7-10-16(11-8-14)30(26,27)25-17-13-15(21(22,23)24)9-12-18(17)29-20-6-4-3-5-19(20)28-2/h3-13,25H,1-2H3. The molecule has 0 unspecified atom stereocenters. The number of nitrogens with one attached hydrogen (secondary N) is 1. The molecule has 158 valence electrons. The second-order valence-corrected chi connectivity index (χ2v) is 8.06. The highest BCUT2D eigenvalue weighted by atomic mass is 32.2. The van der Waals surface area contributed by atoms with E-state index in [1.165, 1.54) is 19.2 Å². The molecular formula is C21H18F3NO4S. The summed E-state index contributed by atoms with van der Waals surface area (Å²) in [5, 5.41) is 0. The molecule has 3 aromatic rings. The number of alkyl halides is 3. The maximum atomic E-state index is 13.2. The zero-order valence-corrected chi connectivity index (χ0v) is 16.8. The fourth-order valence-electron chi connectivity index (χ4n) is 2.62. The van der Waals surface area contributed by atoms with E-state index in [1.807, 2.05) is 0 Å². The Balaban J connectivity index is 2.04. The minimum atomic E-state index is -4.66. The third-order valence-corrected chi connectivity index (χ3v) is 5.55. The van der Waals surface area contributed by atoms with Crippen LogP contribution in [0, 0.1) is 6.92 Å². The Labute approximate surface area is 172 Å². The molecule has 0 saturated heterocycles. The van der Waals surface area contributed by atoms with Gasteiger partial charge in [0.2, 0.25) is 0 Å². The normalized spacial score (nSPS) is 11.8. The molecule has 9 heteroatoms. The number of halogens is 3. The Morgan fingerprint density at radius 1 is 0.867 bits per heavy atom. The molecule has 0 amide bonds. The Bertz CT molecular complexity index is 1140. The van der Waals surface area contributed by atoms with Gasteiger partial charge in [0, 0.05) is 0 Å². The Morgan fingerprint density at radius 3 is 2.10 bits per heavy atom. The van der Waals surface area contributed by atoms with E-state index in [0.29, 0.717) is 11.8 Å². The average molecular weight is 437 g/mol. The van der Waals surface area contributed by atoms with Crippen molar-refractivity contribution in [2.24, 2.45) is 0 Å². The van der Waals surface area contributed by atoms with Gasteiger partial charge >= 0.3 is 6.18 Å². The second kappa shape index (κ2) is 8.27. The van der Waals surface area contributed by atoms with Crippen LogP contribution >= 0.6 is 0 Å². The fourth-order valence-corrected chi connectivity index (χ4v) is 3.68. The van der Waals surface area contributed by atoms with Gasteiger partial charge in [-0.2, -0.15) is 13.2 Å². The molecule has 1 N–H and O–H groups in total. The minimum Gasteiger partial charge on any atom is -0.493 e. The summed E-state index contributed by atoms with van der Waals surface area (Å²) in [7, 11) is -2.74. The molecule has 0 aliphatic carbocycles. The fraction of sp³-hybridized carbons (Fsp3) is 0.143. The van der Waals surface area contributed by atoms with Gasteiger partial charge in [-0.1, -0.05) is 29.8 Å². The van der Waals surface area contributed by atoms with Crippen molar-refractivity contribution in [3.05, 3.63) is 77.9 Å². The van der Waals surface area contributed by atoms with Gasteiger partial charge in [0.05, 0.1) is 23.3 Å². The van der Waals surface area contributed by atoms with Crippen LogP contribution in [0.1, 0.15) is 11.1 Å². The number of ether oxygens (including phenoxy) is 2. The topological polar surface area (TPSA) is 64.6 Å². The first kappa shape index (κ1) is 21.5. The lowest BCUT2D eigenvalue weighted by Crippen LogP contribution is -2.15. The van der Waals surface area contributed by atoms with Crippen LogP contribution in [-0.2, 0) is 16.2 Å². The molecule has 0 aliphatic heterocycles. The second-order valence-electron chi connectivity index (χ2n) is 6.38. The Kier molecular flexibility index (Phi) is 5.93. The van der Waals surface area contributed by atoms with Crippen molar-refractivity contribution in [2.75, 3.05) is 11.8 Å². The van der Waals surface area contributed by atoms with Crippen molar-refractivity contribution >= 4 is 15.7 Å². The summed E-state index contributed by atoms with van der Waals surface area (Å²) in [6, 6.07) is 15.0. The molecule has 0 radical (unpaired) electrons. The monoisotopic (exact) mass is 437 g/mol. The van der Waals surface area contributed by atoms with Crippen LogP contribution in [0.2, 0.25) is 0 Å². The van der Waals surface area contributed by atoms with Gasteiger partial charge < -0.3 is 9.47 Å². The largest absolute Gasteiger partial charge is 0.493 e. The minimum absolute atomic E-state index is 0.0891. The molecule has 0 bridgehead atoms. The number of benzene rings is 3. The van der Waals surface area contributed by atoms with E-state index in [-0.39, 0.29) is 22.1 Å². The number of sulfonamides is 1. The third-order valence-electron chi connectivity index (χ3n) is 4.17. The van der Waals surface area contributed by atoms with E-state index in [2.05, 4.69) is 4.72 Å². The molecule has 0 spiro atoms. The van der Waals surface area contributed by atoms with Gasteiger partial charge in [0.25, 0.3) is 10.0 Å². The van der Waals surface area contributed by atoms with Crippen molar-refractivity contribution in [1.29, 1.82) is 0 Å². The van der Waals surface area contributed by atoms with Crippen LogP contribution in [0.25, 0.3) is 0 Å². The zero-order valence-electron chi connectivity index (χ0n) is 16.0. The number of hydrogen-bond donors (Lipinski definition) is 1. The number of para-hydroxylation sites is 2. The van der Waals surface area contributed by atoms with Gasteiger partial charge in [-0.05, 0) is 49.4 Å². The average Bonchev–Trinajstić information content (AvgIpc) is 2.69. The van der Waals surface area contributed by atoms with Gasteiger partial charge in [0.15, 0.2) is 17.2 Å². The first-order chi connectivity index (χ1) is 14.1. The summed E-state index contributed by atoms with van der Waals surface area (Å²) in [5.41, 5.74) is -0.527. The predicted octanol–water partition coefficient (Wildman–Crippen LogP) is 5.62. The van der Waals surface area contributed by atoms with Crippen molar-refractivity contribution in [3.63, 3.8) is 0 Å². The molecule has 3 rings (SSSR count). The molecule has 0 saturated carbocycles. The molecule has 30 heavy (non-hydrogen) atoms. The lowest BCUT2D eigenvalue weighted by molar-refractivity contribution is -0.137. The van der Waals surface area contributed by atoms with Crippen LogP contribution in [0.5, 0.6) is 17.2 Å². The van der Waals surface area contributed by atoms with Gasteiger partial charge in [-0.25, -0.2) is 8.42 Å². The van der Waals surface area contributed by atoms with E-state index >= 15 is 0 Å². The molecular weight excluding hydrogens is 419 g/mol. The van der Waals surface area contributed by atoms with Gasteiger partial charge in [0.1, 0.15) is 0 Å². The number of methoxy groups -OCH3 is 1. The third kappa shape index (κ3) is 4.85. The molecule has 0 heterocycles. The molecule has 5 nitrogen and oxygen atoms in total. The number of aryl methyl sites for hydroxylation is 1. The number of rotatable bonds is 6. The van der Waals surface area contributed by atoms with E-state index in [4.69, 9.17) is 9.47 Å². The van der Waals surface area contributed by atoms with E-state index in [1.54, 1.807) is 43.3 Å². The summed E-state index contributed by atoms with van der Waals surface area (Å²) in [4.78, 5) is -0.0891. The smallest absolute Gasteiger partial charge is 0.416 e. The van der Waals surface area contributed by atoms with Crippen molar-refractivity contribution in [3.8, 4) is 17.2 Å². The summed E-state index contributed by atoms with van der Waals surface area (Å²) < 4.78 is 78.1. The van der Waals surface area contributed by atoms with Crippen LogP contribution < -0.4 is 14.2 Å². The molecule has 0 atom stereocenters. The summed E-state index contributed by atoms with van der Waals surface area (Å²) in [6.45, 7) is 1.79. The van der Waals surface area contributed by atoms with Crippen LogP contribution in [0.3, 0.4) is 0 Å². The predicted molar refractivity (Wildman–Crippen MR) is 106 cm³/mol. The van der Waals surface area contributed by atoms with Gasteiger partial charge in [-0.15, -0.1) is 0 Å². The highest BCUT2D eigenvalue weighted by molar-refractivity contribution is 7.92. The molecule has 3 aromatic carbocycles. The molecule has 0 aliphatic rings. The molecule has 0 fully saturated rings. The highest BCUT2D eigenvalue weighted by Crippen LogP contribution is 2.39. The maximum Gasteiger partial charge on any atom is 0.416 e. The van der Waals surface area contributed by atoms with Crippen LogP contribution in [0.4, 0.5) is 18.9 Å². The summed E-state index contributed by atoms with van der Waals surface area (Å²) in [6.07, 6.45) is -4.66. The Morgan fingerprint density at radius 2 is 1.50 bits per heavy atom. The van der Waals surface area contributed by atoms with Crippen molar-refractivity contribution in [2.45, 2.75) is 18.0 Å². The summed E-state index contributed by atoms with van der Waals surface area (Å²) >= 11 is 0. The van der Waals surface area contributed by atoms with Crippen molar-refractivity contribution < 1.29 is 31.1 Å². The van der Waals surface area contributed by atoms with Crippen LogP contribution in [0.15, 0.2) is 71.6 Å². The molecule has 0 aromatic heterocycles. The van der Waals surface area contributed by atoms with E-state index in [0.717, 1.165) is 17.7 Å².